The minimum atomic E-state index is 0.503. The molecule has 5 nitrogen and oxygen atoms in total. The number of ether oxygens (including phenoxy) is 1. The zero-order valence-corrected chi connectivity index (χ0v) is 17.9. The number of benzene rings is 2. The molecule has 0 aliphatic heterocycles. The number of aryl methyl sites for hydroxylation is 2. The topological polar surface area (TPSA) is 52.0 Å². The fraction of sp³-hybridized carbons (Fsp3) is 0.348. The van der Waals surface area contributed by atoms with Crippen molar-refractivity contribution in [2.75, 3.05) is 25.1 Å². The van der Waals surface area contributed by atoms with E-state index in [0.717, 1.165) is 24.9 Å². The van der Waals surface area contributed by atoms with Crippen LogP contribution in [0.4, 0.5) is 5.95 Å². The number of nitrogens with zero attached hydrogens (tertiary/aromatic N) is 3. The Morgan fingerprint density at radius 2 is 1.69 bits per heavy atom. The van der Waals surface area contributed by atoms with Gasteiger partial charge in [-0.25, -0.2) is 4.98 Å². The predicted octanol–water partition coefficient (Wildman–Crippen LogP) is 4.79. The second-order valence-corrected chi connectivity index (χ2v) is 7.10. The Bertz CT molecular complexity index is 950. The molecular formula is C23H28N4OS. The van der Waals surface area contributed by atoms with Gasteiger partial charge in [0.05, 0.1) is 18.9 Å². The van der Waals surface area contributed by atoms with Gasteiger partial charge in [0, 0.05) is 6.54 Å². The molecule has 6 heteroatoms. The van der Waals surface area contributed by atoms with Crippen molar-refractivity contribution in [1.82, 2.24) is 14.5 Å². The quantitative estimate of drug-likeness (QED) is 0.386. The number of hydrogen-bond donors (Lipinski definition) is 1. The maximum Gasteiger partial charge on any atom is 0.226 e. The second-order valence-electron chi connectivity index (χ2n) is 6.74. The van der Waals surface area contributed by atoms with Gasteiger partial charge < -0.3 is 10.1 Å². The van der Waals surface area contributed by atoms with Crippen LogP contribution in [0.25, 0.3) is 5.69 Å². The molecule has 0 aliphatic carbocycles. The molecule has 0 saturated carbocycles. The van der Waals surface area contributed by atoms with Crippen LogP contribution in [0.5, 0.6) is 0 Å². The Morgan fingerprint density at radius 1 is 0.966 bits per heavy atom. The van der Waals surface area contributed by atoms with Gasteiger partial charge in [-0.05, 0) is 48.2 Å². The first-order chi connectivity index (χ1) is 14.2. The Morgan fingerprint density at radius 3 is 2.34 bits per heavy atom. The van der Waals surface area contributed by atoms with Crippen LogP contribution in [0.1, 0.15) is 30.5 Å². The smallest absolute Gasteiger partial charge is 0.226 e. The highest BCUT2D eigenvalue weighted by molar-refractivity contribution is 7.71. The highest BCUT2D eigenvalue weighted by Gasteiger charge is 2.10. The Balaban J connectivity index is 1.56. The summed E-state index contributed by atoms with van der Waals surface area (Å²) in [5, 5.41) is 3.19. The molecule has 3 aromatic rings. The molecular weight excluding hydrogens is 380 g/mol. The van der Waals surface area contributed by atoms with Gasteiger partial charge in [-0.3, -0.25) is 4.57 Å². The lowest BCUT2D eigenvalue weighted by Gasteiger charge is -2.16. The average molecular weight is 409 g/mol. The summed E-state index contributed by atoms with van der Waals surface area (Å²) in [6, 6.07) is 16.7. The number of aromatic nitrogens is 3. The number of rotatable bonds is 10. The van der Waals surface area contributed by atoms with Gasteiger partial charge in [-0.15, -0.1) is 0 Å². The predicted molar refractivity (Wildman–Crippen MR) is 120 cm³/mol. The molecule has 0 fully saturated rings. The zero-order chi connectivity index (χ0) is 20.5. The van der Waals surface area contributed by atoms with E-state index in [-0.39, 0.29) is 0 Å². The van der Waals surface area contributed by atoms with Crippen LogP contribution in [-0.2, 0) is 24.0 Å². The minimum Gasteiger partial charge on any atom is -0.379 e. The first-order valence-electron chi connectivity index (χ1n) is 10.1. The third-order valence-corrected chi connectivity index (χ3v) is 5.10. The van der Waals surface area contributed by atoms with Crippen molar-refractivity contribution in [3.8, 4) is 5.69 Å². The zero-order valence-electron chi connectivity index (χ0n) is 17.1. The molecule has 1 heterocycles. The fourth-order valence-electron chi connectivity index (χ4n) is 3.27. The van der Waals surface area contributed by atoms with E-state index in [9.17, 15) is 0 Å². The number of nitrogens with one attached hydrogen (secondary N) is 1. The van der Waals surface area contributed by atoms with Crippen molar-refractivity contribution in [2.24, 2.45) is 0 Å². The third-order valence-electron chi connectivity index (χ3n) is 4.82. The molecule has 0 saturated heterocycles. The van der Waals surface area contributed by atoms with Crippen LogP contribution in [0.15, 0.2) is 54.9 Å². The van der Waals surface area contributed by atoms with Crippen molar-refractivity contribution in [1.29, 1.82) is 0 Å². The summed E-state index contributed by atoms with van der Waals surface area (Å²) in [5.41, 5.74) is 4.89. The molecule has 0 amide bonds. The monoisotopic (exact) mass is 408 g/mol. The SMILES string of the molecule is CCc1cccc(CC)c1-n1cnc(NCCOCCc2ccccc2)nc1=S. The lowest BCUT2D eigenvalue weighted by Crippen LogP contribution is -2.14. The summed E-state index contributed by atoms with van der Waals surface area (Å²) in [6.07, 6.45) is 4.55. The van der Waals surface area contributed by atoms with Crippen molar-refractivity contribution < 1.29 is 4.74 Å². The molecule has 3 rings (SSSR count). The van der Waals surface area contributed by atoms with Crippen LogP contribution in [0.3, 0.4) is 0 Å². The van der Waals surface area contributed by atoms with Gasteiger partial charge in [-0.1, -0.05) is 62.4 Å². The van der Waals surface area contributed by atoms with Crippen molar-refractivity contribution in [2.45, 2.75) is 33.1 Å². The molecule has 0 unspecified atom stereocenters. The molecule has 0 radical (unpaired) electrons. The normalized spacial score (nSPS) is 10.8. The van der Waals surface area contributed by atoms with Crippen molar-refractivity contribution >= 4 is 18.2 Å². The van der Waals surface area contributed by atoms with Crippen LogP contribution >= 0.6 is 12.2 Å². The highest BCUT2D eigenvalue weighted by Crippen LogP contribution is 2.21. The maximum atomic E-state index is 5.69. The lowest BCUT2D eigenvalue weighted by atomic mass is 10.0. The first-order valence-corrected chi connectivity index (χ1v) is 10.6. The summed E-state index contributed by atoms with van der Waals surface area (Å²) in [5.74, 6) is 0.532. The number of para-hydroxylation sites is 1. The van der Waals surface area contributed by atoms with E-state index in [1.807, 2.05) is 22.8 Å². The van der Waals surface area contributed by atoms with E-state index in [4.69, 9.17) is 17.0 Å². The number of hydrogen-bond acceptors (Lipinski definition) is 5. The highest BCUT2D eigenvalue weighted by atomic mass is 32.1. The van der Waals surface area contributed by atoms with Crippen LogP contribution in [-0.4, -0.2) is 34.3 Å². The fourth-order valence-corrected chi connectivity index (χ4v) is 3.49. The lowest BCUT2D eigenvalue weighted by molar-refractivity contribution is 0.147. The molecule has 0 bridgehead atoms. The molecule has 2 aromatic carbocycles. The molecule has 152 valence electrons. The van der Waals surface area contributed by atoms with Gasteiger partial charge in [0.2, 0.25) is 10.7 Å². The molecule has 29 heavy (non-hydrogen) atoms. The molecule has 0 aliphatic rings. The van der Waals surface area contributed by atoms with E-state index in [1.165, 1.54) is 16.7 Å². The number of anilines is 1. The molecule has 0 atom stereocenters. The van der Waals surface area contributed by atoms with Crippen LogP contribution in [0.2, 0.25) is 0 Å². The van der Waals surface area contributed by atoms with Crippen LogP contribution in [0, 0.1) is 4.77 Å². The van der Waals surface area contributed by atoms with Gasteiger partial charge >= 0.3 is 0 Å². The Labute approximate surface area is 177 Å². The summed E-state index contributed by atoms with van der Waals surface area (Å²) in [7, 11) is 0. The van der Waals surface area contributed by atoms with E-state index in [2.05, 4.69) is 59.5 Å². The van der Waals surface area contributed by atoms with E-state index >= 15 is 0 Å². The first kappa shape index (κ1) is 21.1. The second kappa shape index (κ2) is 10.8. The van der Waals surface area contributed by atoms with Gasteiger partial charge in [-0.2, -0.15) is 4.98 Å². The summed E-state index contributed by atoms with van der Waals surface area (Å²) < 4.78 is 8.11. The summed E-state index contributed by atoms with van der Waals surface area (Å²) in [4.78, 5) is 8.92. The van der Waals surface area contributed by atoms with E-state index in [0.29, 0.717) is 30.5 Å². The molecule has 1 aromatic heterocycles. The Hall–Kier alpha value is -2.57. The van der Waals surface area contributed by atoms with E-state index < -0.39 is 0 Å². The van der Waals surface area contributed by atoms with Crippen LogP contribution < -0.4 is 5.32 Å². The summed E-state index contributed by atoms with van der Waals surface area (Å²) >= 11 is 5.55. The van der Waals surface area contributed by atoms with Crippen molar-refractivity contribution in [3.05, 3.63) is 76.3 Å². The van der Waals surface area contributed by atoms with E-state index in [1.54, 1.807) is 6.33 Å². The standard InChI is InChI=1S/C23H28N4OS/c1-3-19-11-8-12-20(4-2)21(19)27-17-25-22(26-23(27)29)24-14-16-28-15-13-18-9-6-5-7-10-18/h5-12,17H,3-4,13-16H2,1-2H3,(H,24,26,29). The van der Waals surface area contributed by atoms with Gasteiger partial charge in [0.15, 0.2) is 0 Å². The molecule has 1 N–H and O–H groups in total. The third kappa shape index (κ3) is 5.71. The molecule has 0 spiro atoms. The minimum absolute atomic E-state index is 0.503. The Kier molecular flexibility index (Phi) is 7.90. The van der Waals surface area contributed by atoms with Gasteiger partial charge in [0.25, 0.3) is 0 Å². The largest absolute Gasteiger partial charge is 0.379 e. The summed E-state index contributed by atoms with van der Waals surface area (Å²) in [6.45, 7) is 6.23. The van der Waals surface area contributed by atoms with Crippen molar-refractivity contribution in [3.63, 3.8) is 0 Å². The van der Waals surface area contributed by atoms with Gasteiger partial charge in [0.1, 0.15) is 6.33 Å². The average Bonchev–Trinajstić information content (AvgIpc) is 2.76. The maximum absolute atomic E-state index is 5.69.